The Kier molecular flexibility index (Phi) is 4.12. The number of carbonyl (C=O) groups excluding carboxylic acids is 1. The molecule has 2 rings (SSSR count). The van der Waals surface area contributed by atoms with Crippen LogP contribution in [0.25, 0.3) is 0 Å². The molecule has 1 aliphatic rings. The summed E-state index contributed by atoms with van der Waals surface area (Å²) in [6, 6.07) is 7.09. The van der Waals surface area contributed by atoms with Gasteiger partial charge in [0.1, 0.15) is 24.2 Å². The molecule has 1 saturated heterocycles. The van der Waals surface area contributed by atoms with Gasteiger partial charge in [-0.25, -0.2) is 0 Å². The molecule has 4 heteroatoms. The molecule has 1 aliphatic heterocycles. The largest absolute Gasteiger partial charge is 0.488 e. The van der Waals surface area contributed by atoms with E-state index >= 15 is 0 Å². The van der Waals surface area contributed by atoms with Gasteiger partial charge in [0.2, 0.25) is 0 Å². The van der Waals surface area contributed by atoms with E-state index in [-0.39, 0.29) is 12.2 Å². The van der Waals surface area contributed by atoms with Crippen molar-refractivity contribution in [3.63, 3.8) is 0 Å². The number of morpholine rings is 1. The van der Waals surface area contributed by atoms with Crippen molar-refractivity contribution in [1.82, 2.24) is 5.32 Å². The summed E-state index contributed by atoms with van der Waals surface area (Å²) in [4.78, 5) is 10.5. The zero-order valence-electron chi connectivity index (χ0n) is 9.89. The number of benzene rings is 1. The molecule has 4 nitrogen and oxygen atoms in total. The van der Waals surface area contributed by atoms with E-state index in [1.165, 1.54) is 0 Å². The Morgan fingerprint density at radius 3 is 2.82 bits per heavy atom. The van der Waals surface area contributed by atoms with E-state index in [1.807, 2.05) is 6.92 Å². The van der Waals surface area contributed by atoms with Gasteiger partial charge in [-0.1, -0.05) is 0 Å². The second-order valence-electron chi connectivity index (χ2n) is 4.12. The van der Waals surface area contributed by atoms with Crippen LogP contribution in [-0.2, 0) is 4.74 Å². The van der Waals surface area contributed by atoms with Crippen molar-refractivity contribution in [3.05, 3.63) is 29.8 Å². The number of hydrogen-bond donors (Lipinski definition) is 1. The molecule has 0 aliphatic carbocycles. The highest BCUT2D eigenvalue weighted by Crippen LogP contribution is 2.15. The fourth-order valence-electron chi connectivity index (χ4n) is 1.80. The van der Waals surface area contributed by atoms with Crippen molar-refractivity contribution in [2.75, 3.05) is 19.7 Å². The van der Waals surface area contributed by atoms with Crippen LogP contribution in [0.1, 0.15) is 17.3 Å². The lowest BCUT2D eigenvalue weighted by Crippen LogP contribution is -2.46. The van der Waals surface area contributed by atoms with Gasteiger partial charge in [0, 0.05) is 18.7 Å². The van der Waals surface area contributed by atoms with Gasteiger partial charge in [-0.05, 0) is 31.2 Å². The summed E-state index contributed by atoms with van der Waals surface area (Å²) < 4.78 is 11.4. The molecule has 0 amide bonds. The van der Waals surface area contributed by atoms with E-state index in [4.69, 9.17) is 9.47 Å². The molecule has 0 radical (unpaired) electrons. The molecule has 0 spiro atoms. The van der Waals surface area contributed by atoms with Crippen LogP contribution in [0.5, 0.6) is 5.75 Å². The van der Waals surface area contributed by atoms with Crippen molar-refractivity contribution in [1.29, 1.82) is 0 Å². The van der Waals surface area contributed by atoms with Gasteiger partial charge in [0.15, 0.2) is 0 Å². The molecule has 2 unspecified atom stereocenters. The summed E-state index contributed by atoms with van der Waals surface area (Å²) in [5.74, 6) is 0.761. The summed E-state index contributed by atoms with van der Waals surface area (Å²) in [6.45, 7) is 4.43. The first-order chi connectivity index (χ1) is 8.29. The van der Waals surface area contributed by atoms with E-state index in [9.17, 15) is 4.79 Å². The second-order valence-corrected chi connectivity index (χ2v) is 4.12. The minimum absolute atomic E-state index is 0.00937. The molecule has 92 valence electrons. The van der Waals surface area contributed by atoms with Gasteiger partial charge in [-0.2, -0.15) is 0 Å². The molecule has 0 bridgehead atoms. The molecule has 1 aromatic carbocycles. The highest BCUT2D eigenvalue weighted by molar-refractivity contribution is 5.74. The van der Waals surface area contributed by atoms with Crippen LogP contribution >= 0.6 is 0 Å². The van der Waals surface area contributed by atoms with Gasteiger partial charge in [0.05, 0.1) is 6.61 Å². The summed E-state index contributed by atoms with van der Waals surface area (Å²) in [6.07, 6.45) is 0.890. The fourth-order valence-corrected chi connectivity index (χ4v) is 1.80. The average Bonchev–Trinajstić information content (AvgIpc) is 2.40. The van der Waals surface area contributed by atoms with Crippen molar-refractivity contribution < 1.29 is 14.3 Å². The third-order valence-corrected chi connectivity index (χ3v) is 2.82. The molecule has 2 atom stereocenters. The van der Waals surface area contributed by atoms with Crippen LogP contribution in [0.15, 0.2) is 24.3 Å². The van der Waals surface area contributed by atoms with Crippen LogP contribution in [0, 0.1) is 0 Å². The van der Waals surface area contributed by atoms with E-state index in [0.717, 1.165) is 31.7 Å². The van der Waals surface area contributed by atoms with E-state index in [0.29, 0.717) is 5.56 Å². The fraction of sp³-hybridized carbons (Fsp3) is 0.462. The molecular weight excluding hydrogens is 218 g/mol. The Hall–Kier alpha value is -1.39. The normalized spacial score (nSPS) is 21.8. The monoisotopic (exact) mass is 235 g/mol. The van der Waals surface area contributed by atoms with E-state index in [1.54, 1.807) is 24.3 Å². The molecule has 0 aromatic heterocycles. The average molecular weight is 235 g/mol. The SMILES string of the molecule is CC(Oc1ccc(C=O)cc1)C1CNCCO1. The molecule has 1 fully saturated rings. The van der Waals surface area contributed by atoms with Gasteiger partial charge >= 0.3 is 0 Å². The Balaban J connectivity index is 1.92. The van der Waals surface area contributed by atoms with Gasteiger partial charge in [0.25, 0.3) is 0 Å². The van der Waals surface area contributed by atoms with E-state index < -0.39 is 0 Å². The summed E-state index contributed by atoms with van der Waals surface area (Å²) in [5.41, 5.74) is 0.653. The minimum atomic E-state index is -0.00937. The van der Waals surface area contributed by atoms with Crippen molar-refractivity contribution in [2.24, 2.45) is 0 Å². The highest BCUT2D eigenvalue weighted by atomic mass is 16.5. The van der Waals surface area contributed by atoms with Crippen LogP contribution in [0.4, 0.5) is 0 Å². The number of ether oxygens (including phenoxy) is 2. The first-order valence-electron chi connectivity index (χ1n) is 5.84. The van der Waals surface area contributed by atoms with Crippen molar-refractivity contribution in [2.45, 2.75) is 19.1 Å². The predicted molar refractivity (Wildman–Crippen MR) is 64.5 cm³/mol. The lowest BCUT2D eigenvalue weighted by molar-refractivity contribution is -0.0350. The second kappa shape index (κ2) is 5.80. The molecule has 1 heterocycles. The van der Waals surface area contributed by atoms with Gasteiger partial charge in [-0.3, -0.25) is 4.79 Å². The number of aldehydes is 1. The van der Waals surface area contributed by atoms with Crippen LogP contribution in [-0.4, -0.2) is 38.2 Å². The van der Waals surface area contributed by atoms with Crippen LogP contribution in [0.2, 0.25) is 0 Å². The number of nitrogens with one attached hydrogen (secondary N) is 1. The topological polar surface area (TPSA) is 47.6 Å². The molecule has 1 aromatic rings. The summed E-state index contributed by atoms with van der Waals surface area (Å²) >= 11 is 0. The predicted octanol–water partition coefficient (Wildman–Crippen LogP) is 1.25. The lowest BCUT2D eigenvalue weighted by Gasteiger charge is -2.29. The smallest absolute Gasteiger partial charge is 0.150 e. The third kappa shape index (κ3) is 3.28. The summed E-state index contributed by atoms with van der Waals surface area (Å²) in [5, 5.41) is 3.27. The number of hydrogen-bond acceptors (Lipinski definition) is 4. The Labute approximate surface area is 101 Å². The molecule has 0 saturated carbocycles. The molecule has 17 heavy (non-hydrogen) atoms. The molecular formula is C13H17NO3. The maximum Gasteiger partial charge on any atom is 0.150 e. The number of carbonyl (C=O) groups is 1. The Morgan fingerprint density at radius 2 is 2.24 bits per heavy atom. The lowest BCUT2D eigenvalue weighted by atomic mass is 10.2. The van der Waals surface area contributed by atoms with Gasteiger partial charge in [-0.15, -0.1) is 0 Å². The zero-order chi connectivity index (χ0) is 12.1. The van der Waals surface area contributed by atoms with Crippen molar-refractivity contribution in [3.8, 4) is 5.75 Å². The first-order valence-corrected chi connectivity index (χ1v) is 5.84. The highest BCUT2D eigenvalue weighted by Gasteiger charge is 2.21. The standard InChI is InChI=1S/C13H17NO3/c1-10(13-8-14-6-7-16-13)17-12-4-2-11(9-15)3-5-12/h2-5,9-10,13-14H,6-8H2,1H3. The zero-order valence-corrected chi connectivity index (χ0v) is 9.89. The number of rotatable bonds is 4. The minimum Gasteiger partial charge on any atom is -0.488 e. The Morgan fingerprint density at radius 1 is 1.47 bits per heavy atom. The maximum atomic E-state index is 10.5. The summed E-state index contributed by atoms with van der Waals surface area (Å²) in [7, 11) is 0. The maximum absolute atomic E-state index is 10.5. The van der Waals surface area contributed by atoms with Crippen LogP contribution < -0.4 is 10.1 Å². The van der Waals surface area contributed by atoms with Crippen LogP contribution in [0.3, 0.4) is 0 Å². The first kappa shape index (κ1) is 12.1. The van der Waals surface area contributed by atoms with E-state index in [2.05, 4.69) is 5.32 Å². The van der Waals surface area contributed by atoms with Crippen molar-refractivity contribution >= 4 is 6.29 Å². The quantitative estimate of drug-likeness (QED) is 0.798. The molecule has 1 N–H and O–H groups in total. The van der Waals surface area contributed by atoms with Gasteiger partial charge < -0.3 is 14.8 Å². The Bertz CT molecular complexity index is 357. The third-order valence-electron chi connectivity index (χ3n) is 2.82.